The fraction of sp³-hybridized carbons (Fsp3) is 0.385. The van der Waals surface area contributed by atoms with Crippen LogP contribution in [0.25, 0.3) is 0 Å². The maximum absolute atomic E-state index is 5.79. The van der Waals surface area contributed by atoms with Crippen molar-refractivity contribution in [2.75, 3.05) is 6.61 Å². The predicted octanol–water partition coefficient (Wildman–Crippen LogP) is 3.05. The van der Waals surface area contributed by atoms with E-state index in [4.69, 9.17) is 10.5 Å². The summed E-state index contributed by atoms with van der Waals surface area (Å²) in [6.07, 6.45) is 0.951. The molecule has 2 N–H and O–H groups in total. The van der Waals surface area contributed by atoms with Crippen molar-refractivity contribution in [1.82, 2.24) is 0 Å². The maximum Gasteiger partial charge on any atom is 0.120 e. The first-order chi connectivity index (χ1) is 7.13. The summed E-state index contributed by atoms with van der Waals surface area (Å²) >= 11 is 0. The summed E-state index contributed by atoms with van der Waals surface area (Å²) in [5, 5.41) is 0. The van der Waals surface area contributed by atoms with E-state index in [9.17, 15) is 0 Å². The van der Waals surface area contributed by atoms with Crippen LogP contribution in [0.1, 0.15) is 31.9 Å². The van der Waals surface area contributed by atoms with Crippen LogP contribution in [0, 0.1) is 0 Å². The fourth-order valence-electron chi connectivity index (χ4n) is 1.18. The second kappa shape index (κ2) is 5.56. The monoisotopic (exact) mass is 205 g/mol. The number of rotatable bonds is 5. The van der Waals surface area contributed by atoms with E-state index in [0.717, 1.165) is 23.3 Å². The van der Waals surface area contributed by atoms with Crippen LogP contribution in [0.2, 0.25) is 0 Å². The van der Waals surface area contributed by atoms with Crippen molar-refractivity contribution in [2.24, 2.45) is 5.73 Å². The summed E-state index contributed by atoms with van der Waals surface area (Å²) < 4.78 is 5.59. The summed E-state index contributed by atoms with van der Waals surface area (Å²) in [6, 6.07) is 7.93. The van der Waals surface area contributed by atoms with Crippen molar-refractivity contribution in [2.45, 2.75) is 26.3 Å². The molecule has 0 spiro atoms. The largest absolute Gasteiger partial charge is 0.489 e. The average Bonchev–Trinajstić information content (AvgIpc) is 2.26. The first-order valence-corrected chi connectivity index (χ1v) is 5.28. The number of hydrogen-bond acceptors (Lipinski definition) is 2. The molecule has 2 nitrogen and oxygen atoms in total. The SMILES string of the molecule is C=C(CC)COc1cccc(C(C)N)c1. The molecule has 2 heteroatoms. The van der Waals surface area contributed by atoms with Gasteiger partial charge in [0.05, 0.1) is 0 Å². The average molecular weight is 205 g/mol. The Morgan fingerprint density at radius 2 is 2.27 bits per heavy atom. The highest BCUT2D eigenvalue weighted by molar-refractivity contribution is 5.30. The molecule has 0 saturated heterocycles. The molecule has 0 amide bonds. The molecule has 0 aliphatic carbocycles. The third kappa shape index (κ3) is 3.76. The van der Waals surface area contributed by atoms with Gasteiger partial charge >= 0.3 is 0 Å². The third-order valence-corrected chi connectivity index (χ3v) is 2.33. The van der Waals surface area contributed by atoms with Gasteiger partial charge in [0.25, 0.3) is 0 Å². The van der Waals surface area contributed by atoms with Gasteiger partial charge < -0.3 is 10.5 Å². The molecule has 0 aliphatic heterocycles. The van der Waals surface area contributed by atoms with Gasteiger partial charge in [0.1, 0.15) is 12.4 Å². The van der Waals surface area contributed by atoms with E-state index >= 15 is 0 Å². The van der Waals surface area contributed by atoms with Gasteiger partial charge in [-0.15, -0.1) is 0 Å². The lowest BCUT2D eigenvalue weighted by molar-refractivity contribution is 0.348. The molecular weight excluding hydrogens is 186 g/mol. The van der Waals surface area contributed by atoms with Crippen molar-refractivity contribution in [3.8, 4) is 5.75 Å². The van der Waals surface area contributed by atoms with Gasteiger partial charge in [0.15, 0.2) is 0 Å². The first kappa shape index (κ1) is 11.8. The Balaban J connectivity index is 2.61. The molecule has 0 heterocycles. The minimum atomic E-state index is 0.0444. The normalized spacial score (nSPS) is 12.2. The van der Waals surface area contributed by atoms with Gasteiger partial charge in [0.2, 0.25) is 0 Å². The molecule has 82 valence electrons. The molecule has 0 aliphatic rings. The summed E-state index contributed by atoms with van der Waals surface area (Å²) in [5.74, 6) is 0.861. The zero-order valence-corrected chi connectivity index (χ0v) is 9.49. The smallest absolute Gasteiger partial charge is 0.120 e. The quantitative estimate of drug-likeness (QED) is 0.750. The molecular formula is C13H19NO. The Morgan fingerprint density at radius 3 is 2.87 bits per heavy atom. The van der Waals surface area contributed by atoms with Crippen LogP contribution < -0.4 is 10.5 Å². The summed E-state index contributed by atoms with van der Waals surface area (Å²) in [5.41, 5.74) is 7.98. The van der Waals surface area contributed by atoms with E-state index in [-0.39, 0.29) is 6.04 Å². The molecule has 1 aromatic carbocycles. The number of hydrogen-bond donors (Lipinski definition) is 1. The van der Waals surface area contributed by atoms with Gasteiger partial charge in [-0.1, -0.05) is 25.6 Å². The van der Waals surface area contributed by atoms with E-state index in [1.807, 2.05) is 31.2 Å². The van der Waals surface area contributed by atoms with Crippen molar-refractivity contribution < 1.29 is 4.74 Å². The Bertz CT molecular complexity index is 331. The molecule has 0 fully saturated rings. The molecule has 1 aromatic rings. The Labute approximate surface area is 91.7 Å². The lowest BCUT2D eigenvalue weighted by Crippen LogP contribution is -2.05. The minimum Gasteiger partial charge on any atom is -0.489 e. The minimum absolute atomic E-state index is 0.0444. The lowest BCUT2D eigenvalue weighted by Gasteiger charge is -2.10. The fourth-order valence-corrected chi connectivity index (χ4v) is 1.18. The van der Waals surface area contributed by atoms with Crippen molar-refractivity contribution in [1.29, 1.82) is 0 Å². The highest BCUT2D eigenvalue weighted by Crippen LogP contribution is 2.18. The standard InChI is InChI=1S/C13H19NO/c1-4-10(2)9-15-13-7-5-6-12(8-13)11(3)14/h5-8,11H,2,4,9,14H2,1,3H3. The topological polar surface area (TPSA) is 35.2 Å². The molecule has 0 radical (unpaired) electrons. The molecule has 0 saturated carbocycles. The van der Waals surface area contributed by atoms with Crippen molar-refractivity contribution in [3.63, 3.8) is 0 Å². The Hall–Kier alpha value is -1.28. The van der Waals surface area contributed by atoms with Gasteiger partial charge in [-0.2, -0.15) is 0 Å². The molecule has 1 rings (SSSR count). The number of benzene rings is 1. The second-order valence-electron chi connectivity index (χ2n) is 3.75. The predicted molar refractivity (Wildman–Crippen MR) is 64.0 cm³/mol. The molecule has 0 bridgehead atoms. The molecule has 0 aromatic heterocycles. The van der Waals surface area contributed by atoms with Crippen LogP contribution >= 0.6 is 0 Å². The third-order valence-electron chi connectivity index (χ3n) is 2.33. The second-order valence-corrected chi connectivity index (χ2v) is 3.75. The van der Waals surface area contributed by atoms with Crippen LogP contribution in [-0.2, 0) is 0 Å². The van der Waals surface area contributed by atoms with Crippen molar-refractivity contribution >= 4 is 0 Å². The van der Waals surface area contributed by atoms with Crippen LogP contribution in [0.3, 0.4) is 0 Å². The van der Waals surface area contributed by atoms with E-state index in [0.29, 0.717) is 6.61 Å². The summed E-state index contributed by atoms with van der Waals surface area (Å²) in [7, 11) is 0. The highest BCUT2D eigenvalue weighted by Gasteiger charge is 2.01. The van der Waals surface area contributed by atoms with Gasteiger partial charge in [0, 0.05) is 6.04 Å². The van der Waals surface area contributed by atoms with Crippen LogP contribution in [0.4, 0.5) is 0 Å². The number of nitrogens with two attached hydrogens (primary N) is 1. The molecule has 1 atom stereocenters. The van der Waals surface area contributed by atoms with Gasteiger partial charge in [-0.05, 0) is 36.6 Å². The molecule has 1 unspecified atom stereocenters. The van der Waals surface area contributed by atoms with E-state index in [1.54, 1.807) is 0 Å². The zero-order chi connectivity index (χ0) is 11.3. The van der Waals surface area contributed by atoms with Crippen LogP contribution in [0.5, 0.6) is 5.75 Å². The van der Waals surface area contributed by atoms with E-state index < -0.39 is 0 Å². The summed E-state index contributed by atoms with van der Waals surface area (Å²) in [4.78, 5) is 0. The Kier molecular flexibility index (Phi) is 4.37. The van der Waals surface area contributed by atoms with Gasteiger partial charge in [-0.25, -0.2) is 0 Å². The first-order valence-electron chi connectivity index (χ1n) is 5.28. The van der Waals surface area contributed by atoms with E-state index in [2.05, 4.69) is 13.5 Å². The van der Waals surface area contributed by atoms with Gasteiger partial charge in [-0.3, -0.25) is 0 Å². The zero-order valence-electron chi connectivity index (χ0n) is 9.49. The van der Waals surface area contributed by atoms with E-state index in [1.165, 1.54) is 0 Å². The maximum atomic E-state index is 5.79. The molecule has 15 heavy (non-hydrogen) atoms. The summed E-state index contributed by atoms with van der Waals surface area (Å²) in [6.45, 7) is 8.51. The lowest BCUT2D eigenvalue weighted by atomic mass is 10.1. The number of ether oxygens (including phenoxy) is 1. The Morgan fingerprint density at radius 1 is 1.53 bits per heavy atom. The van der Waals surface area contributed by atoms with Crippen LogP contribution in [0.15, 0.2) is 36.4 Å². The van der Waals surface area contributed by atoms with Crippen molar-refractivity contribution in [3.05, 3.63) is 42.0 Å². The highest BCUT2D eigenvalue weighted by atomic mass is 16.5. The van der Waals surface area contributed by atoms with Crippen LogP contribution in [-0.4, -0.2) is 6.61 Å².